The van der Waals surface area contributed by atoms with E-state index in [0.717, 1.165) is 44.0 Å². The number of hydrogen-bond donors (Lipinski definition) is 0. The molecule has 0 saturated heterocycles. The minimum atomic E-state index is -0.686. The summed E-state index contributed by atoms with van der Waals surface area (Å²) in [7, 11) is 0. The number of amides is 3. The fourth-order valence-electron chi connectivity index (χ4n) is 9.08. The molecule has 0 radical (unpaired) electrons. The third kappa shape index (κ3) is 5.42. The highest BCUT2D eigenvalue weighted by Gasteiger charge is 2.50. The van der Waals surface area contributed by atoms with Crippen LogP contribution in [-0.2, 0) is 15.6 Å². The maximum absolute atomic E-state index is 14.7. The van der Waals surface area contributed by atoms with E-state index in [9.17, 15) is 14.4 Å². The molecule has 262 valence electrons. The maximum Gasteiger partial charge on any atom is 0.262 e. The molecule has 0 aliphatic carbocycles. The minimum Gasteiger partial charge on any atom is -0.305 e. The highest BCUT2D eigenvalue weighted by Crippen LogP contribution is 2.53. The molecule has 0 unspecified atom stereocenters. The van der Waals surface area contributed by atoms with Gasteiger partial charge in [-0.25, -0.2) is 0 Å². The summed E-state index contributed by atoms with van der Waals surface area (Å²) in [6.07, 6.45) is 0.613. The predicted molar refractivity (Wildman–Crippen MR) is 210 cm³/mol. The summed E-state index contributed by atoms with van der Waals surface area (Å²) >= 11 is 0. The van der Waals surface area contributed by atoms with Gasteiger partial charge in [-0.15, -0.1) is 0 Å². The van der Waals surface area contributed by atoms with Crippen LogP contribution >= 0.6 is 0 Å². The Morgan fingerprint density at radius 2 is 1.08 bits per heavy atom. The number of hydrogen-bond acceptors (Lipinski definition) is 3. The Hall–Kier alpha value is -6.07. The van der Waals surface area contributed by atoms with E-state index in [0.29, 0.717) is 17.5 Å². The number of anilines is 1. The number of rotatable bonds is 7. The standard InChI is InChI=1S/C48H42N2O3/c1-33-24-26-34(27-25-33)47(4)32-46(2,3)50(43(51)31-49-44(52)39-22-14-15-23-40(39)45(49)53)42-29-28-38(30-41(42)47)48(35-16-8-5-9-17-35,36-18-10-6-11-19-36)37-20-12-7-13-21-37/h5-30H,31-32H2,1-4H3/t47-/m0/s1. The third-order valence-electron chi connectivity index (χ3n) is 11.4. The summed E-state index contributed by atoms with van der Waals surface area (Å²) in [5.74, 6) is -1.18. The average Bonchev–Trinajstić information content (AvgIpc) is 3.41. The molecule has 0 N–H and O–H groups in total. The van der Waals surface area contributed by atoms with Crippen molar-refractivity contribution in [3.8, 4) is 0 Å². The van der Waals surface area contributed by atoms with E-state index in [4.69, 9.17) is 0 Å². The van der Waals surface area contributed by atoms with Crippen LogP contribution in [0.4, 0.5) is 5.69 Å². The molecule has 2 aliphatic rings. The highest BCUT2D eigenvalue weighted by atomic mass is 16.2. The van der Waals surface area contributed by atoms with Crippen LogP contribution in [0.2, 0.25) is 0 Å². The van der Waals surface area contributed by atoms with Crippen molar-refractivity contribution in [2.75, 3.05) is 11.4 Å². The smallest absolute Gasteiger partial charge is 0.262 e. The number of imide groups is 1. The van der Waals surface area contributed by atoms with Crippen LogP contribution in [0.3, 0.4) is 0 Å². The molecule has 0 spiro atoms. The van der Waals surface area contributed by atoms with Crippen LogP contribution < -0.4 is 4.90 Å². The Kier molecular flexibility index (Phi) is 8.26. The molecule has 5 nitrogen and oxygen atoms in total. The summed E-state index contributed by atoms with van der Waals surface area (Å²) in [5, 5.41) is 0. The van der Waals surface area contributed by atoms with Gasteiger partial charge in [-0.2, -0.15) is 0 Å². The van der Waals surface area contributed by atoms with Crippen molar-refractivity contribution < 1.29 is 14.4 Å². The molecule has 0 fully saturated rings. The Labute approximate surface area is 311 Å². The zero-order valence-corrected chi connectivity index (χ0v) is 30.5. The molecule has 2 aliphatic heterocycles. The summed E-state index contributed by atoms with van der Waals surface area (Å²) in [6.45, 7) is 8.19. The van der Waals surface area contributed by atoms with Crippen molar-refractivity contribution in [2.45, 2.75) is 50.5 Å². The van der Waals surface area contributed by atoms with E-state index < -0.39 is 28.2 Å². The second-order valence-electron chi connectivity index (χ2n) is 15.2. The van der Waals surface area contributed by atoms with E-state index in [2.05, 4.69) is 143 Å². The largest absolute Gasteiger partial charge is 0.305 e. The lowest BCUT2D eigenvalue weighted by molar-refractivity contribution is -0.120. The monoisotopic (exact) mass is 694 g/mol. The van der Waals surface area contributed by atoms with E-state index >= 15 is 0 Å². The molecule has 3 amide bonds. The fourth-order valence-corrected chi connectivity index (χ4v) is 9.08. The van der Waals surface area contributed by atoms with Crippen molar-refractivity contribution in [1.29, 1.82) is 0 Å². The van der Waals surface area contributed by atoms with Crippen LogP contribution in [0.25, 0.3) is 0 Å². The number of carbonyl (C=O) groups is 3. The molecular formula is C48H42N2O3. The van der Waals surface area contributed by atoms with Crippen LogP contribution in [0.1, 0.15) is 86.9 Å². The van der Waals surface area contributed by atoms with E-state index in [1.165, 1.54) is 5.56 Å². The second kappa shape index (κ2) is 12.9. The van der Waals surface area contributed by atoms with Gasteiger partial charge < -0.3 is 4.90 Å². The number of carbonyl (C=O) groups excluding carboxylic acids is 3. The highest BCUT2D eigenvalue weighted by molar-refractivity contribution is 6.23. The molecule has 6 aromatic rings. The molecule has 8 rings (SSSR count). The molecule has 5 heteroatoms. The van der Waals surface area contributed by atoms with Gasteiger partial charge in [-0.3, -0.25) is 19.3 Å². The molecule has 2 heterocycles. The predicted octanol–water partition coefficient (Wildman–Crippen LogP) is 9.50. The van der Waals surface area contributed by atoms with Crippen molar-refractivity contribution in [3.05, 3.63) is 208 Å². The Morgan fingerprint density at radius 1 is 0.604 bits per heavy atom. The fraction of sp³-hybridized carbons (Fsp3) is 0.188. The molecular weight excluding hydrogens is 653 g/mol. The van der Waals surface area contributed by atoms with Gasteiger partial charge >= 0.3 is 0 Å². The lowest BCUT2D eigenvalue weighted by Crippen LogP contribution is -2.58. The maximum atomic E-state index is 14.7. The number of aryl methyl sites for hydroxylation is 1. The second-order valence-corrected chi connectivity index (χ2v) is 15.2. The Bertz CT molecular complexity index is 2220. The van der Waals surface area contributed by atoms with Gasteiger partial charge in [0.2, 0.25) is 5.91 Å². The normalized spacial score (nSPS) is 17.7. The summed E-state index contributed by atoms with van der Waals surface area (Å²) in [6, 6.07) is 53.9. The number of fused-ring (bicyclic) bond motifs is 2. The first kappa shape index (κ1) is 34.0. The van der Waals surface area contributed by atoms with Gasteiger partial charge in [0.15, 0.2) is 0 Å². The molecule has 0 saturated carbocycles. The zero-order chi connectivity index (χ0) is 37.0. The zero-order valence-electron chi connectivity index (χ0n) is 30.5. The van der Waals surface area contributed by atoms with E-state index in [1.807, 2.05) is 23.1 Å². The molecule has 0 aromatic heterocycles. The first-order valence-electron chi connectivity index (χ1n) is 18.2. The van der Waals surface area contributed by atoms with E-state index in [1.54, 1.807) is 24.3 Å². The Morgan fingerprint density at radius 3 is 1.57 bits per heavy atom. The minimum absolute atomic E-state index is 0.301. The quantitative estimate of drug-likeness (QED) is 0.124. The van der Waals surface area contributed by atoms with Gasteiger partial charge in [0.25, 0.3) is 11.8 Å². The van der Waals surface area contributed by atoms with Crippen molar-refractivity contribution >= 4 is 23.4 Å². The van der Waals surface area contributed by atoms with Crippen LogP contribution in [0.15, 0.2) is 158 Å². The Balaban J connectivity index is 1.35. The number of nitrogens with zero attached hydrogens (tertiary/aromatic N) is 2. The lowest BCUT2D eigenvalue weighted by Gasteiger charge is -2.52. The van der Waals surface area contributed by atoms with Crippen LogP contribution in [0, 0.1) is 6.92 Å². The van der Waals surface area contributed by atoms with Crippen LogP contribution in [-0.4, -0.2) is 34.7 Å². The van der Waals surface area contributed by atoms with Gasteiger partial charge in [-0.1, -0.05) is 152 Å². The van der Waals surface area contributed by atoms with Crippen molar-refractivity contribution in [3.63, 3.8) is 0 Å². The third-order valence-corrected chi connectivity index (χ3v) is 11.4. The van der Waals surface area contributed by atoms with Crippen molar-refractivity contribution in [2.24, 2.45) is 0 Å². The van der Waals surface area contributed by atoms with Crippen LogP contribution in [0.5, 0.6) is 0 Å². The average molecular weight is 695 g/mol. The lowest BCUT2D eigenvalue weighted by atomic mass is 9.61. The van der Waals surface area contributed by atoms with Gasteiger partial charge in [0, 0.05) is 16.6 Å². The summed E-state index contributed by atoms with van der Waals surface area (Å²) in [4.78, 5) is 44.5. The SMILES string of the molecule is Cc1ccc([C@]2(C)CC(C)(C)N(C(=O)CN3C(=O)c4ccccc4C3=O)c3ccc(C(c4ccccc4)(c4ccccc4)c4ccccc4)cc32)cc1. The van der Waals surface area contributed by atoms with Gasteiger partial charge in [0.1, 0.15) is 6.54 Å². The number of benzene rings is 6. The van der Waals surface area contributed by atoms with Crippen molar-refractivity contribution in [1.82, 2.24) is 4.90 Å². The molecule has 0 bridgehead atoms. The first-order valence-corrected chi connectivity index (χ1v) is 18.2. The van der Waals surface area contributed by atoms with Gasteiger partial charge in [-0.05, 0) is 78.8 Å². The molecule has 6 aromatic carbocycles. The summed E-state index contributed by atoms with van der Waals surface area (Å²) < 4.78 is 0. The first-order chi connectivity index (χ1) is 25.6. The van der Waals surface area contributed by atoms with Gasteiger partial charge in [0.05, 0.1) is 16.5 Å². The molecule has 1 atom stereocenters. The summed E-state index contributed by atoms with van der Waals surface area (Å²) in [5.41, 5.74) is 7.40. The topological polar surface area (TPSA) is 57.7 Å². The van der Waals surface area contributed by atoms with E-state index in [-0.39, 0.29) is 12.5 Å². The molecule has 53 heavy (non-hydrogen) atoms.